The second-order valence-electron chi connectivity index (χ2n) is 15.4. The molecular weight excluding hydrogens is 639 g/mol. The Hall–Kier alpha value is -4.19. The Morgan fingerprint density at radius 2 is 1.00 bits per heavy atom. The van der Waals surface area contributed by atoms with E-state index in [4.69, 9.17) is 9.97 Å². The molecule has 0 bridgehead atoms. The van der Waals surface area contributed by atoms with Crippen molar-refractivity contribution in [2.24, 2.45) is 0 Å². The molecule has 256 valence electrons. The van der Waals surface area contributed by atoms with Crippen molar-refractivity contribution in [3.63, 3.8) is 0 Å². The molecule has 1 aliphatic heterocycles. The van der Waals surface area contributed by atoms with Crippen LogP contribution in [-0.2, 0) is 0 Å². The van der Waals surface area contributed by atoms with Gasteiger partial charge >= 0.3 is 0 Å². The molecule has 0 radical (unpaired) electrons. The first kappa shape index (κ1) is 36.1. The summed E-state index contributed by atoms with van der Waals surface area (Å²) < 4.78 is 0. The van der Waals surface area contributed by atoms with Crippen LogP contribution in [0, 0.1) is 33.0 Å². The maximum Gasteiger partial charge on any atom is 0.271 e. The van der Waals surface area contributed by atoms with Gasteiger partial charge in [0.15, 0.2) is 11.6 Å². The average molecular weight is 690 g/mol. The average Bonchev–Trinajstić information content (AvgIpc) is 3.02. The topological polar surface area (TPSA) is 93.0 Å². The van der Waals surface area contributed by atoms with Gasteiger partial charge in [0.05, 0.1) is 27.4 Å². The second-order valence-corrected chi connectivity index (χ2v) is 26.6. The fraction of sp³-hybridized carbons (Fsp3) is 0.450. The van der Waals surface area contributed by atoms with E-state index in [0.29, 0.717) is 61.8 Å². The molecule has 3 aromatic carbocycles. The van der Waals surface area contributed by atoms with Gasteiger partial charge in [0, 0.05) is 22.9 Å². The van der Waals surface area contributed by atoms with Crippen molar-refractivity contribution in [2.75, 3.05) is 10.6 Å². The van der Waals surface area contributed by atoms with E-state index >= 15 is 0 Å². The Bertz CT molecular complexity index is 2020. The van der Waals surface area contributed by atoms with Gasteiger partial charge in [-0.1, -0.05) is 119 Å². The molecule has 0 fully saturated rings. The summed E-state index contributed by atoms with van der Waals surface area (Å²) in [7, 11) is -4.18. The van der Waals surface area contributed by atoms with Gasteiger partial charge in [0.2, 0.25) is 0 Å². The van der Waals surface area contributed by atoms with Crippen molar-refractivity contribution in [2.45, 2.75) is 116 Å². The molecule has 0 saturated carbocycles. The molecule has 0 unspecified atom stereocenters. The maximum atomic E-state index is 11.6. The first-order valence-electron chi connectivity index (χ1n) is 17.7. The SMILES string of the molecule is CC(C)[Si](C#Cc1c2ccccc2c(C#C[Si](C(C)C)(C(C)C)C(C)C)c2nc3c(nc12)Nc1ccc([N+](=O)[O-])cc1N3)(C(C)C)C(C)C. The predicted molar refractivity (Wildman–Crippen MR) is 213 cm³/mol. The van der Waals surface area contributed by atoms with Gasteiger partial charge in [-0.15, -0.1) is 11.1 Å². The summed E-state index contributed by atoms with van der Waals surface area (Å²) in [6.07, 6.45) is 0. The molecule has 7 nitrogen and oxygen atoms in total. The quantitative estimate of drug-likeness (QED) is 0.0581. The molecule has 1 aromatic heterocycles. The van der Waals surface area contributed by atoms with Gasteiger partial charge < -0.3 is 10.6 Å². The van der Waals surface area contributed by atoms with Crippen LogP contribution in [0.3, 0.4) is 0 Å². The highest BCUT2D eigenvalue weighted by atomic mass is 28.3. The molecule has 0 spiro atoms. The number of nitrogens with zero attached hydrogens (tertiary/aromatic N) is 3. The number of fused-ring (bicyclic) bond motifs is 4. The molecule has 9 heteroatoms. The number of non-ortho nitro benzene ring substituents is 1. The van der Waals surface area contributed by atoms with Crippen LogP contribution >= 0.6 is 0 Å². The summed E-state index contributed by atoms with van der Waals surface area (Å²) in [6.45, 7) is 27.9. The van der Waals surface area contributed by atoms with Crippen LogP contribution in [0.2, 0.25) is 33.2 Å². The molecule has 0 aliphatic carbocycles. The highest BCUT2D eigenvalue weighted by molar-refractivity contribution is 6.91. The zero-order chi connectivity index (χ0) is 36.0. The summed E-state index contributed by atoms with van der Waals surface area (Å²) >= 11 is 0. The number of anilines is 4. The van der Waals surface area contributed by atoms with E-state index in [1.165, 1.54) is 12.1 Å². The van der Waals surface area contributed by atoms with Crippen LogP contribution in [0.5, 0.6) is 0 Å². The van der Waals surface area contributed by atoms with Crippen molar-refractivity contribution in [1.82, 2.24) is 9.97 Å². The fourth-order valence-corrected chi connectivity index (χ4v) is 19.1. The Labute approximate surface area is 294 Å². The van der Waals surface area contributed by atoms with E-state index in [0.717, 1.165) is 27.4 Å². The molecular formula is C40H51N5O2Si2. The van der Waals surface area contributed by atoms with E-state index in [9.17, 15) is 10.1 Å². The van der Waals surface area contributed by atoms with Gasteiger partial charge in [-0.3, -0.25) is 10.1 Å². The van der Waals surface area contributed by atoms with E-state index in [2.05, 4.69) is 141 Å². The lowest BCUT2D eigenvalue weighted by molar-refractivity contribution is -0.384. The third kappa shape index (κ3) is 6.13. The van der Waals surface area contributed by atoms with E-state index < -0.39 is 21.1 Å². The van der Waals surface area contributed by atoms with Gasteiger partial charge in [-0.05, 0) is 39.3 Å². The van der Waals surface area contributed by atoms with Crippen molar-refractivity contribution < 1.29 is 4.92 Å². The summed E-state index contributed by atoms with van der Waals surface area (Å²) in [4.78, 5) is 21.7. The molecule has 4 aromatic rings. The summed E-state index contributed by atoms with van der Waals surface area (Å²) in [5.41, 5.74) is 15.2. The molecule has 5 rings (SSSR count). The third-order valence-electron chi connectivity index (χ3n) is 11.1. The number of rotatable bonds is 7. The first-order valence-corrected chi connectivity index (χ1v) is 22.2. The first-order chi connectivity index (χ1) is 23.1. The standard InChI is InChI=1S/C40H51N5O2Si2/c1-24(2)48(25(3)4,26(5)6)21-19-33-31-15-13-14-16-32(31)34(20-22-49(27(7)8,28(9)10)29(11)12)38-37(33)43-39-40(44-38)42-36-23-30(45(46)47)17-18-35(36)41-39/h13-18,23-29H,1-12H3,(H,41,43)(H,42,44). The van der Waals surface area contributed by atoms with Crippen molar-refractivity contribution in [3.8, 4) is 22.9 Å². The smallest absolute Gasteiger partial charge is 0.271 e. The third-order valence-corrected chi connectivity index (χ3v) is 23.7. The van der Waals surface area contributed by atoms with Crippen LogP contribution < -0.4 is 10.6 Å². The van der Waals surface area contributed by atoms with Crippen LogP contribution in [-0.4, -0.2) is 31.0 Å². The van der Waals surface area contributed by atoms with Crippen LogP contribution in [0.1, 0.15) is 94.2 Å². The monoisotopic (exact) mass is 689 g/mol. The van der Waals surface area contributed by atoms with Gasteiger partial charge in [0.25, 0.3) is 5.69 Å². The summed E-state index contributed by atoms with van der Waals surface area (Å²) in [6, 6.07) is 13.1. The molecule has 1 aliphatic rings. The Morgan fingerprint density at radius 1 is 0.612 bits per heavy atom. The number of hydrogen-bond donors (Lipinski definition) is 2. The second kappa shape index (κ2) is 13.6. The van der Waals surface area contributed by atoms with E-state index in [1.54, 1.807) is 6.07 Å². The minimum absolute atomic E-state index is 0.00539. The number of nitro benzene ring substituents is 1. The lowest BCUT2D eigenvalue weighted by atomic mass is 9.97. The van der Waals surface area contributed by atoms with E-state index in [1.807, 2.05) is 0 Å². The van der Waals surface area contributed by atoms with E-state index in [-0.39, 0.29) is 5.69 Å². The fourth-order valence-electron chi connectivity index (χ4n) is 8.71. The Kier molecular flexibility index (Phi) is 10.0. The predicted octanol–water partition coefficient (Wildman–Crippen LogP) is 11.6. The van der Waals surface area contributed by atoms with Gasteiger partial charge in [-0.2, -0.15) is 0 Å². The summed E-state index contributed by atoms with van der Waals surface area (Å²) in [5, 5.41) is 20.4. The van der Waals surface area contributed by atoms with Gasteiger partial charge in [-0.25, -0.2) is 9.97 Å². The minimum Gasteiger partial charge on any atom is -0.335 e. The van der Waals surface area contributed by atoms with Crippen molar-refractivity contribution in [3.05, 3.63) is 63.7 Å². The molecule has 2 heterocycles. The molecule has 2 N–H and O–H groups in total. The molecule has 0 atom stereocenters. The lowest BCUT2D eigenvalue weighted by Crippen LogP contribution is -2.43. The highest BCUT2D eigenvalue weighted by Crippen LogP contribution is 2.44. The number of nitro groups is 1. The zero-order valence-corrected chi connectivity index (χ0v) is 33.2. The normalized spacial score (nSPS) is 12.9. The Balaban J connectivity index is 1.90. The van der Waals surface area contributed by atoms with Crippen LogP contribution in [0.4, 0.5) is 28.7 Å². The molecule has 0 amide bonds. The van der Waals surface area contributed by atoms with Gasteiger partial charge in [0.1, 0.15) is 27.2 Å². The summed E-state index contributed by atoms with van der Waals surface area (Å²) in [5.74, 6) is 8.58. The van der Waals surface area contributed by atoms with Crippen LogP contribution in [0.15, 0.2) is 42.5 Å². The Morgan fingerprint density at radius 3 is 1.37 bits per heavy atom. The lowest BCUT2D eigenvalue weighted by Gasteiger charge is -2.38. The zero-order valence-electron chi connectivity index (χ0n) is 31.2. The van der Waals surface area contributed by atoms with Crippen molar-refractivity contribution >= 4 is 66.7 Å². The number of hydrogen-bond acceptors (Lipinski definition) is 6. The van der Waals surface area contributed by atoms with Crippen LogP contribution in [0.25, 0.3) is 21.8 Å². The van der Waals surface area contributed by atoms with Crippen molar-refractivity contribution in [1.29, 1.82) is 0 Å². The number of aromatic nitrogens is 2. The molecule has 0 saturated heterocycles. The molecule has 49 heavy (non-hydrogen) atoms. The minimum atomic E-state index is -2.09. The number of nitrogens with one attached hydrogen (secondary N) is 2. The highest BCUT2D eigenvalue weighted by Gasteiger charge is 2.43. The largest absolute Gasteiger partial charge is 0.335 e. The maximum absolute atomic E-state index is 11.6. The number of benzene rings is 3.